The molecule has 25 heavy (non-hydrogen) atoms. The number of rotatable bonds is 8. The summed E-state index contributed by atoms with van der Waals surface area (Å²) >= 11 is 0. The van der Waals surface area contributed by atoms with Crippen molar-refractivity contribution in [2.45, 2.75) is 66.3 Å². The number of carbonyl (C=O) groups excluding carboxylic acids is 1. The molecule has 0 aromatic carbocycles. The van der Waals surface area contributed by atoms with Crippen molar-refractivity contribution in [2.24, 2.45) is 11.8 Å². The number of piperidine rings is 1. The summed E-state index contributed by atoms with van der Waals surface area (Å²) in [5.74, 6) is 1.46. The Morgan fingerprint density at radius 2 is 2.16 bits per heavy atom. The summed E-state index contributed by atoms with van der Waals surface area (Å²) in [5.41, 5.74) is 3.51. The first-order valence-corrected chi connectivity index (χ1v) is 9.47. The highest BCUT2D eigenvalue weighted by molar-refractivity contribution is 5.85. The SMILES string of the molecule is Cc1nn(CC(C)C)c(C)c1CCC(=O)NCCC1CCCNC1.Cl. The molecule has 1 aromatic rings. The van der Waals surface area contributed by atoms with Gasteiger partial charge in [0, 0.05) is 25.2 Å². The van der Waals surface area contributed by atoms with E-state index in [1.807, 2.05) is 6.92 Å². The summed E-state index contributed by atoms with van der Waals surface area (Å²) in [6.07, 6.45) is 4.97. The fraction of sp³-hybridized carbons (Fsp3) is 0.789. The van der Waals surface area contributed by atoms with Crippen molar-refractivity contribution < 1.29 is 4.79 Å². The highest BCUT2D eigenvalue weighted by Crippen LogP contribution is 2.17. The van der Waals surface area contributed by atoms with Gasteiger partial charge in [-0.25, -0.2) is 0 Å². The molecule has 1 atom stereocenters. The summed E-state index contributed by atoms with van der Waals surface area (Å²) in [6.45, 7) is 12.6. The zero-order valence-corrected chi connectivity index (χ0v) is 17.0. The fourth-order valence-electron chi connectivity index (χ4n) is 3.53. The van der Waals surface area contributed by atoms with E-state index < -0.39 is 0 Å². The second-order valence-electron chi connectivity index (χ2n) is 7.58. The zero-order valence-electron chi connectivity index (χ0n) is 16.2. The molecule has 1 amide bonds. The van der Waals surface area contributed by atoms with Crippen LogP contribution in [-0.2, 0) is 17.8 Å². The molecule has 0 saturated carbocycles. The van der Waals surface area contributed by atoms with E-state index in [4.69, 9.17) is 0 Å². The van der Waals surface area contributed by atoms with Crippen LogP contribution in [0.2, 0.25) is 0 Å². The topological polar surface area (TPSA) is 59.0 Å². The standard InChI is InChI=1S/C19H34N4O.ClH/c1-14(2)13-23-16(4)18(15(3)22-23)7-8-19(24)21-11-9-17-6-5-10-20-12-17;/h14,17,20H,5-13H2,1-4H3,(H,21,24);1H. The Morgan fingerprint density at radius 3 is 2.80 bits per heavy atom. The Kier molecular flexibility index (Phi) is 9.51. The summed E-state index contributed by atoms with van der Waals surface area (Å²) < 4.78 is 2.09. The van der Waals surface area contributed by atoms with Crippen LogP contribution in [0.15, 0.2) is 0 Å². The third-order valence-electron chi connectivity index (χ3n) is 4.95. The maximum atomic E-state index is 12.1. The van der Waals surface area contributed by atoms with Crippen molar-refractivity contribution >= 4 is 18.3 Å². The molecule has 6 heteroatoms. The van der Waals surface area contributed by atoms with Gasteiger partial charge in [-0.2, -0.15) is 5.10 Å². The van der Waals surface area contributed by atoms with Crippen LogP contribution in [0.25, 0.3) is 0 Å². The lowest BCUT2D eigenvalue weighted by Gasteiger charge is -2.22. The van der Waals surface area contributed by atoms with Gasteiger partial charge >= 0.3 is 0 Å². The van der Waals surface area contributed by atoms with Crippen LogP contribution in [0.5, 0.6) is 0 Å². The molecule has 2 N–H and O–H groups in total. The normalized spacial score (nSPS) is 17.4. The Balaban J connectivity index is 0.00000312. The minimum Gasteiger partial charge on any atom is -0.356 e. The minimum atomic E-state index is 0. The largest absolute Gasteiger partial charge is 0.356 e. The van der Waals surface area contributed by atoms with Crippen molar-refractivity contribution in [2.75, 3.05) is 19.6 Å². The number of aromatic nitrogens is 2. The van der Waals surface area contributed by atoms with Gasteiger partial charge in [0.2, 0.25) is 5.91 Å². The average molecular weight is 371 g/mol. The molecule has 1 aliphatic heterocycles. The highest BCUT2D eigenvalue weighted by atomic mass is 35.5. The summed E-state index contributed by atoms with van der Waals surface area (Å²) in [7, 11) is 0. The smallest absolute Gasteiger partial charge is 0.220 e. The van der Waals surface area contributed by atoms with Gasteiger partial charge in [-0.1, -0.05) is 13.8 Å². The van der Waals surface area contributed by atoms with Gasteiger partial charge in [0.25, 0.3) is 0 Å². The second-order valence-corrected chi connectivity index (χ2v) is 7.58. The van der Waals surface area contributed by atoms with Crippen molar-refractivity contribution in [1.82, 2.24) is 20.4 Å². The predicted octanol–water partition coefficient (Wildman–Crippen LogP) is 3.02. The Morgan fingerprint density at radius 1 is 1.40 bits per heavy atom. The maximum Gasteiger partial charge on any atom is 0.220 e. The van der Waals surface area contributed by atoms with E-state index in [1.54, 1.807) is 0 Å². The second kappa shape index (κ2) is 10.8. The fourth-order valence-corrected chi connectivity index (χ4v) is 3.53. The Bertz CT molecular complexity index is 536. The number of hydrogen-bond acceptors (Lipinski definition) is 3. The Labute approximate surface area is 158 Å². The number of nitrogens with zero attached hydrogens (tertiary/aromatic N) is 2. The van der Waals surface area contributed by atoms with E-state index in [0.29, 0.717) is 12.3 Å². The highest BCUT2D eigenvalue weighted by Gasteiger charge is 2.15. The van der Waals surface area contributed by atoms with E-state index in [1.165, 1.54) is 24.1 Å². The first kappa shape index (κ1) is 22.0. The van der Waals surface area contributed by atoms with E-state index in [2.05, 4.69) is 41.2 Å². The van der Waals surface area contributed by atoms with Gasteiger partial charge in [-0.15, -0.1) is 12.4 Å². The van der Waals surface area contributed by atoms with Crippen molar-refractivity contribution in [1.29, 1.82) is 0 Å². The van der Waals surface area contributed by atoms with E-state index in [0.717, 1.165) is 50.6 Å². The zero-order chi connectivity index (χ0) is 17.5. The molecular formula is C19H35ClN4O. The molecule has 2 rings (SSSR count). The van der Waals surface area contributed by atoms with Crippen molar-refractivity contribution in [3.05, 3.63) is 17.0 Å². The third-order valence-corrected chi connectivity index (χ3v) is 4.95. The van der Waals surface area contributed by atoms with Gasteiger partial charge in [-0.3, -0.25) is 9.48 Å². The minimum absolute atomic E-state index is 0. The van der Waals surface area contributed by atoms with Gasteiger partial charge in [0.15, 0.2) is 0 Å². The first-order valence-electron chi connectivity index (χ1n) is 9.47. The molecule has 0 bridgehead atoms. The summed E-state index contributed by atoms with van der Waals surface area (Å²) in [4.78, 5) is 12.1. The van der Waals surface area contributed by atoms with Gasteiger partial charge < -0.3 is 10.6 Å². The van der Waals surface area contributed by atoms with Crippen LogP contribution < -0.4 is 10.6 Å². The lowest BCUT2D eigenvalue weighted by atomic mass is 9.96. The molecule has 0 aliphatic carbocycles. The molecule has 144 valence electrons. The van der Waals surface area contributed by atoms with Crippen LogP contribution in [0, 0.1) is 25.7 Å². The molecular weight excluding hydrogens is 336 g/mol. The molecule has 0 spiro atoms. The monoisotopic (exact) mass is 370 g/mol. The lowest BCUT2D eigenvalue weighted by molar-refractivity contribution is -0.121. The average Bonchev–Trinajstić information content (AvgIpc) is 2.80. The maximum absolute atomic E-state index is 12.1. The first-order chi connectivity index (χ1) is 11.5. The molecule has 2 heterocycles. The van der Waals surface area contributed by atoms with Crippen LogP contribution in [0.4, 0.5) is 0 Å². The lowest BCUT2D eigenvalue weighted by Crippen LogP contribution is -2.33. The van der Waals surface area contributed by atoms with E-state index in [-0.39, 0.29) is 18.3 Å². The number of carbonyl (C=O) groups is 1. The number of halogens is 1. The summed E-state index contributed by atoms with van der Waals surface area (Å²) in [6, 6.07) is 0. The number of aryl methyl sites for hydroxylation is 1. The van der Waals surface area contributed by atoms with Gasteiger partial charge in [0.05, 0.1) is 5.69 Å². The number of nitrogens with one attached hydrogen (secondary N) is 2. The predicted molar refractivity (Wildman–Crippen MR) is 105 cm³/mol. The third kappa shape index (κ3) is 6.98. The van der Waals surface area contributed by atoms with Crippen LogP contribution in [-0.4, -0.2) is 35.3 Å². The quantitative estimate of drug-likeness (QED) is 0.739. The molecule has 1 aromatic heterocycles. The number of amides is 1. The molecule has 1 unspecified atom stereocenters. The van der Waals surface area contributed by atoms with Crippen LogP contribution in [0.3, 0.4) is 0 Å². The van der Waals surface area contributed by atoms with Crippen molar-refractivity contribution in [3.63, 3.8) is 0 Å². The number of hydrogen-bond donors (Lipinski definition) is 2. The molecule has 1 saturated heterocycles. The van der Waals surface area contributed by atoms with Crippen LogP contribution >= 0.6 is 12.4 Å². The molecule has 5 nitrogen and oxygen atoms in total. The molecule has 1 aliphatic rings. The molecule has 0 radical (unpaired) electrons. The van der Waals surface area contributed by atoms with Gasteiger partial charge in [-0.05, 0) is 70.0 Å². The van der Waals surface area contributed by atoms with Gasteiger partial charge in [0.1, 0.15) is 0 Å². The van der Waals surface area contributed by atoms with Crippen LogP contribution in [0.1, 0.15) is 56.5 Å². The Hall–Kier alpha value is -1.07. The van der Waals surface area contributed by atoms with E-state index in [9.17, 15) is 4.79 Å². The molecule has 1 fully saturated rings. The van der Waals surface area contributed by atoms with Crippen molar-refractivity contribution in [3.8, 4) is 0 Å². The summed E-state index contributed by atoms with van der Waals surface area (Å²) in [5, 5.41) is 11.1. The van der Waals surface area contributed by atoms with E-state index >= 15 is 0 Å².